The molecule has 2 fully saturated rings. The van der Waals surface area contributed by atoms with Gasteiger partial charge in [0.25, 0.3) is 0 Å². The number of aromatic amines is 1. The monoisotopic (exact) mass is 475 g/mol. The number of aliphatic hydroxyl groups is 1. The van der Waals surface area contributed by atoms with E-state index in [4.69, 9.17) is 27.9 Å². The number of hydrogen-bond donors (Lipinski definition) is 2. The number of amides is 1. The number of likely N-dealkylation sites (tertiary alicyclic amines) is 2. The maximum atomic E-state index is 12.6. The Hall–Kier alpha value is -2.39. The number of aliphatic hydroxyl groups excluding tert-OH is 1. The number of aromatic nitrogens is 3. The fraction of sp³-hybridized carbons (Fsp3) is 0.409. The van der Waals surface area contributed by atoms with Crippen molar-refractivity contribution in [1.29, 1.82) is 0 Å². The SMILES string of the molecule is O=C(OCc1cc(Cl)cc(Cl)c1)N1C[C@@H]2CCN(C(O)c3ccc4[nH]nnc4c3)C[C@@H]2C1. The summed E-state index contributed by atoms with van der Waals surface area (Å²) in [4.78, 5) is 16.5. The van der Waals surface area contributed by atoms with Gasteiger partial charge in [-0.25, -0.2) is 4.79 Å². The molecule has 3 aromatic rings. The van der Waals surface area contributed by atoms with Crippen LogP contribution in [0.15, 0.2) is 36.4 Å². The molecule has 168 valence electrons. The van der Waals surface area contributed by atoms with Gasteiger partial charge >= 0.3 is 6.09 Å². The van der Waals surface area contributed by atoms with Crippen LogP contribution in [-0.2, 0) is 11.3 Å². The number of H-pyrrole nitrogens is 1. The Balaban J connectivity index is 1.18. The summed E-state index contributed by atoms with van der Waals surface area (Å²) >= 11 is 12.0. The van der Waals surface area contributed by atoms with Gasteiger partial charge in [-0.05, 0) is 59.7 Å². The van der Waals surface area contributed by atoms with E-state index in [0.29, 0.717) is 35.0 Å². The van der Waals surface area contributed by atoms with Crippen LogP contribution in [0.4, 0.5) is 4.79 Å². The van der Waals surface area contributed by atoms with E-state index in [9.17, 15) is 9.90 Å². The molecule has 0 bridgehead atoms. The maximum absolute atomic E-state index is 12.6. The first-order valence-corrected chi connectivity index (χ1v) is 11.3. The summed E-state index contributed by atoms with van der Waals surface area (Å²) in [7, 11) is 0. The second-order valence-corrected chi connectivity index (χ2v) is 9.38. The van der Waals surface area contributed by atoms with Crippen molar-refractivity contribution < 1.29 is 14.6 Å². The Bertz CT molecular complexity index is 1120. The van der Waals surface area contributed by atoms with Crippen molar-refractivity contribution in [3.63, 3.8) is 0 Å². The fourth-order valence-electron chi connectivity index (χ4n) is 4.73. The Morgan fingerprint density at radius 2 is 1.94 bits per heavy atom. The summed E-state index contributed by atoms with van der Waals surface area (Å²) in [5, 5.41) is 22.6. The van der Waals surface area contributed by atoms with E-state index >= 15 is 0 Å². The number of nitrogens with zero attached hydrogens (tertiary/aromatic N) is 4. The molecule has 0 saturated carbocycles. The predicted molar refractivity (Wildman–Crippen MR) is 120 cm³/mol. The predicted octanol–water partition coefficient (Wildman–Crippen LogP) is 3.85. The lowest BCUT2D eigenvalue weighted by Crippen LogP contribution is -2.42. The fourth-order valence-corrected chi connectivity index (χ4v) is 5.30. The van der Waals surface area contributed by atoms with Gasteiger partial charge in [-0.2, -0.15) is 0 Å². The van der Waals surface area contributed by atoms with Gasteiger partial charge in [0.15, 0.2) is 0 Å². The van der Waals surface area contributed by atoms with E-state index in [2.05, 4.69) is 20.3 Å². The molecule has 8 nitrogen and oxygen atoms in total. The molecule has 1 unspecified atom stereocenters. The summed E-state index contributed by atoms with van der Waals surface area (Å²) < 4.78 is 5.50. The van der Waals surface area contributed by atoms with Crippen LogP contribution in [0, 0.1) is 11.8 Å². The van der Waals surface area contributed by atoms with Crippen molar-refractivity contribution in [2.45, 2.75) is 19.3 Å². The third kappa shape index (κ3) is 4.41. The molecule has 0 aliphatic carbocycles. The van der Waals surface area contributed by atoms with Crippen molar-refractivity contribution in [3.05, 3.63) is 57.6 Å². The third-order valence-corrected chi connectivity index (χ3v) is 6.81. The van der Waals surface area contributed by atoms with E-state index < -0.39 is 6.23 Å². The Morgan fingerprint density at radius 3 is 2.75 bits per heavy atom. The summed E-state index contributed by atoms with van der Waals surface area (Å²) in [6, 6.07) is 10.7. The van der Waals surface area contributed by atoms with Gasteiger partial charge in [0, 0.05) is 36.2 Å². The minimum atomic E-state index is -0.717. The highest BCUT2D eigenvalue weighted by molar-refractivity contribution is 6.34. The molecule has 2 aliphatic heterocycles. The molecule has 1 aromatic heterocycles. The molecule has 3 atom stereocenters. The van der Waals surface area contributed by atoms with Crippen LogP contribution < -0.4 is 0 Å². The molecule has 10 heteroatoms. The van der Waals surface area contributed by atoms with Crippen LogP contribution in [0.5, 0.6) is 0 Å². The van der Waals surface area contributed by atoms with E-state index in [1.165, 1.54) is 0 Å². The van der Waals surface area contributed by atoms with Crippen LogP contribution in [0.25, 0.3) is 11.0 Å². The van der Waals surface area contributed by atoms with Gasteiger partial charge < -0.3 is 14.7 Å². The van der Waals surface area contributed by atoms with Crippen LogP contribution in [0.1, 0.15) is 23.8 Å². The first-order chi connectivity index (χ1) is 15.5. The second-order valence-electron chi connectivity index (χ2n) is 8.50. The Labute approximate surface area is 195 Å². The number of carbonyl (C=O) groups excluding carboxylic acids is 1. The van der Waals surface area contributed by atoms with E-state index in [1.54, 1.807) is 23.1 Å². The number of nitrogens with one attached hydrogen (secondary N) is 1. The lowest BCUT2D eigenvalue weighted by atomic mass is 9.88. The van der Waals surface area contributed by atoms with Crippen molar-refractivity contribution in [2.24, 2.45) is 11.8 Å². The smallest absolute Gasteiger partial charge is 0.410 e. The molecule has 2 aromatic carbocycles. The zero-order valence-corrected chi connectivity index (χ0v) is 18.8. The molecule has 3 heterocycles. The van der Waals surface area contributed by atoms with Gasteiger partial charge in [0.1, 0.15) is 18.4 Å². The van der Waals surface area contributed by atoms with Gasteiger partial charge in [-0.1, -0.05) is 34.5 Å². The molecule has 1 amide bonds. The maximum Gasteiger partial charge on any atom is 0.410 e. The van der Waals surface area contributed by atoms with Crippen LogP contribution in [0.3, 0.4) is 0 Å². The molecular weight excluding hydrogens is 453 g/mol. The minimum absolute atomic E-state index is 0.125. The molecular formula is C22H23Cl2N5O3. The largest absolute Gasteiger partial charge is 0.445 e. The highest BCUT2D eigenvalue weighted by Crippen LogP contribution is 2.35. The van der Waals surface area contributed by atoms with Gasteiger partial charge in [0.2, 0.25) is 0 Å². The number of ether oxygens (including phenoxy) is 1. The standard InChI is InChI=1S/C22H23Cl2N5O3/c23-17-5-13(6-18(24)8-17)12-32-22(31)29-9-15-3-4-28(10-16(15)11-29)21(30)14-1-2-19-20(7-14)26-27-25-19/h1-2,5-8,15-16,21,30H,3-4,9-12H2,(H,25,26,27)/t15-,16+,21?/m0/s1. The highest BCUT2D eigenvalue weighted by Gasteiger charge is 2.40. The van der Waals surface area contributed by atoms with Gasteiger partial charge in [-0.3, -0.25) is 10.00 Å². The molecule has 5 rings (SSSR count). The van der Waals surface area contributed by atoms with E-state index in [0.717, 1.165) is 41.7 Å². The van der Waals surface area contributed by atoms with Gasteiger partial charge in [0.05, 0.1) is 5.52 Å². The molecule has 2 aliphatic rings. The highest BCUT2D eigenvalue weighted by atomic mass is 35.5. The number of halogens is 2. The third-order valence-electron chi connectivity index (χ3n) is 6.37. The number of piperidine rings is 1. The number of benzene rings is 2. The molecule has 2 N–H and O–H groups in total. The summed E-state index contributed by atoms with van der Waals surface area (Å²) in [6.07, 6.45) is -0.133. The molecule has 0 spiro atoms. The second kappa shape index (κ2) is 8.86. The van der Waals surface area contributed by atoms with E-state index in [1.807, 2.05) is 18.2 Å². The van der Waals surface area contributed by atoms with Crippen LogP contribution in [0.2, 0.25) is 10.0 Å². The summed E-state index contributed by atoms with van der Waals surface area (Å²) in [5.74, 6) is 0.701. The zero-order valence-electron chi connectivity index (χ0n) is 17.2. The van der Waals surface area contributed by atoms with E-state index in [-0.39, 0.29) is 12.7 Å². The number of rotatable bonds is 4. The van der Waals surface area contributed by atoms with Crippen molar-refractivity contribution in [1.82, 2.24) is 25.2 Å². The van der Waals surface area contributed by atoms with Crippen molar-refractivity contribution >= 4 is 40.3 Å². The average Bonchev–Trinajstić information content (AvgIpc) is 3.42. The quantitative estimate of drug-likeness (QED) is 0.594. The molecule has 2 saturated heterocycles. The lowest BCUT2D eigenvalue weighted by molar-refractivity contribution is -0.0302. The summed E-state index contributed by atoms with van der Waals surface area (Å²) in [6.45, 7) is 2.90. The molecule has 32 heavy (non-hydrogen) atoms. The minimum Gasteiger partial charge on any atom is -0.445 e. The zero-order chi connectivity index (χ0) is 22.2. The number of carbonyl (C=O) groups is 1. The first-order valence-electron chi connectivity index (χ1n) is 10.6. The number of hydrogen-bond acceptors (Lipinski definition) is 6. The topological polar surface area (TPSA) is 94.6 Å². The van der Waals surface area contributed by atoms with Crippen LogP contribution in [-0.4, -0.2) is 62.6 Å². The average molecular weight is 476 g/mol. The Kier molecular flexibility index (Phi) is 5.94. The first kappa shape index (κ1) is 21.5. The molecule has 0 radical (unpaired) electrons. The normalized spacial score (nSPS) is 22.2. The summed E-state index contributed by atoms with van der Waals surface area (Å²) in [5.41, 5.74) is 3.11. The number of fused-ring (bicyclic) bond motifs is 2. The Morgan fingerprint density at radius 1 is 1.16 bits per heavy atom. The van der Waals surface area contributed by atoms with Crippen molar-refractivity contribution in [3.8, 4) is 0 Å². The van der Waals surface area contributed by atoms with Crippen molar-refractivity contribution in [2.75, 3.05) is 26.2 Å². The lowest BCUT2D eigenvalue weighted by Gasteiger charge is -2.37. The van der Waals surface area contributed by atoms with Crippen LogP contribution >= 0.6 is 23.2 Å². The van der Waals surface area contributed by atoms with Gasteiger partial charge in [-0.15, -0.1) is 5.10 Å².